The molecule has 0 aromatic heterocycles. The van der Waals surface area contributed by atoms with E-state index in [0.29, 0.717) is 0 Å². The van der Waals surface area contributed by atoms with Crippen LogP contribution in [0.2, 0.25) is 0 Å². The van der Waals surface area contributed by atoms with Gasteiger partial charge in [-0.2, -0.15) is 0 Å². The normalized spacial score (nSPS) is 9.88. The summed E-state index contributed by atoms with van der Waals surface area (Å²) in [6, 6.07) is 0. The summed E-state index contributed by atoms with van der Waals surface area (Å²) in [5.74, 6) is 2.06. The van der Waals surface area contributed by atoms with Gasteiger partial charge in [-0.1, -0.05) is 20.4 Å². The SMILES string of the molecule is C=CSCCC(C)C. The lowest BCUT2D eigenvalue weighted by molar-refractivity contribution is 0.632. The Kier molecular flexibility index (Phi) is 5.29. The second kappa shape index (κ2) is 5.23. The molecule has 0 saturated carbocycles. The first-order valence-electron chi connectivity index (χ1n) is 3.00. The van der Waals surface area contributed by atoms with Gasteiger partial charge in [0.25, 0.3) is 0 Å². The van der Waals surface area contributed by atoms with E-state index in [0.717, 1.165) is 5.92 Å². The van der Waals surface area contributed by atoms with E-state index in [1.807, 2.05) is 5.41 Å². The van der Waals surface area contributed by atoms with Gasteiger partial charge in [0, 0.05) is 0 Å². The van der Waals surface area contributed by atoms with Crippen molar-refractivity contribution in [3.63, 3.8) is 0 Å². The highest BCUT2D eigenvalue weighted by Crippen LogP contribution is 2.07. The largest absolute Gasteiger partial charge is 0.135 e. The Morgan fingerprint density at radius 2 is 2.25 bits per heavy atom. The van der Waals surface area contributed by atoms with Gasteiger partial charge in [-0.25, -0.2) is 0 Å². The molecule has 0 N–H and O–H groups in total. The molecule has 0 spiro atoms. The van der Waals surface area contributed by atoms with E-state index >= 15 is 0 Å². The van der Waals surface area contributed by atoms with Crippen LogP contribution in [0.5, 0.6) is 0 Å². The Morgan fingerprint density at radius 1 is 1.62 bits per heavy atom. The van der Waals surface area contributed by atoms with Crippen molar-refractivity contribution in [3.05, 3.63) is 12.0 Å². The third-order valence-corrected chi connectivity index (χ3v) is 1.64. The monoisotopic (exact) mass is 130 g/mol. The fourth-order valence-electron chi connectivity index (χ4n) is 0.387. The van der Waals surface area contributed by atoms with E-state index < -0.39 is 0 Å². The van der Waals surface area contributed by atoms with E-state index in [-0.39, 0.29) is 0 Å². The van der Waals surface area contributed by atoms with E-state index in [4.69, 9.17) is 0 Å². The van der Waals surface area contributed by atoms with E-state index in [2.05, 4.69) is 20.4 Å². The summed E-state index contributed by atoms with van der Waals surface area (Å²) >= 11 is 1.80. The minimum Gasteiger partial charge on any atom is -0.135 e. The Hall–Kier alpha value is 0.0900. The highest BCUT2D eigenvalue weighted by atomic mass is 32.2. The summed E-state index contributed by atoms with van der Waals surface area (Å²) in [4.78, 5) is 0. The maximum Gasteiger partial charge on any atom is -0.00237 e. The number of thioether (sulfide) groups is 1. The van der Waals surface area contributed by atoms with Crippen LogP contribution in [0.15, 0.2) is 12.0 Å². The zero-order valence-electron chi connectivity index (χ0n) is 5.68. The predicted octanol–water partition coefficient (Wildman–Crippen LogP) is 2.91. The summed E-state index contributed by atoms with van der Waals surface area (Å²) in [5.41, 5.74) is 0. The topological polar surface area (TPSA) is 0 Å². The van der Waals surface area contributed by atoms with Gasteiger partial charge in [0.2, 0.25) is 0 Å². The molecule has 0 heterocycles. The average Bonchev–Trinajstić information content (AvgIpc) is 1.66. The summed E-state index contributed by atoms with van der Waals surface area (Å²) in [7, 11) is 0. The van der Waals surface area contributed by atoms with Crippen molar-refractivity contribution in [2.75, 3.05) is 5.75 Å². The van der Waals surface area contributed by atoms with E-state index in [9.17, 15) is 0 Å². The number of rotatable bonds is 4. The zero-order chi connectivity index (χ0) is 6.41. The first kappa shape index (κ1) is 8.09. The van der Waals surface area contributed by atoms with Gasteiger partial charge in [0.1, 0.15) is 0 Å². The molecule has 8 heavy (non-hydrogen) atoms. The molecule has 0 aliphatic carbocycles. The predicted molar refractivity (Wildman–Crippen MR) is 42.1 cm³/mol. The van der Waals surface area contributed by atoms with Crippen molar-refractivity contribution < 1.29 is 0 Å². The van der Waals surface area contributed by atoms with Crippen LogP contribution in [-0.2, 0) is 0 Å². The molecular weight excluding hydrogens is 116 g/mol. The molecule has 0 aliphatic heterocycles. The molecule has 0 saturated heterocycles. The van der Waals surface area contributed by atoms with Gasteiger partial charge in [-0.05, 0) is 23.5 Å². The van der Waals surface area contributed by atoms with Crippen LogP contribution in [0.25, 0.3) is 0 Å². The third-order valence-electron chi connectivity index (χ3n) is 0.931. The molecular formula is C7H14S. The van der Waals surface area contributed by atoms with Crippen molar-refractivity contribution in [1.29, 1.82) is 0 Å². The molecule has 1 heteroatoms. The fraction of sp³-hybridized carbons (Fsp3) is 0.714. The van der Waals surface area contributed by atoms with Crippen molar-refractivity contribution in [2.45, 2.75) is 20.3 Å². The Balaban J connectivity index is 2.81. The number of hydrogen-bond donors (Lipinski definition) is 0. The summed E-state index contributed by atoms with van der Waals surface area (Å²) < 4.78 is 0. The number of hydrogen-bond acceptors (Lipinski definition) is 1. The fourth-order valence-corrected chi connectivity index (χ4v) is 1.16. The van der Waals surface area contributed by atoms with Crippen LogP contribution in [-0.4, -0.2) is 5.75 Å². The minimum atomic E-state index is 0.836. The van der Waals surface area contributed by atoms with Gasteiger partial charge in [-0.15, -0.1) is 11.8 Å². The third kappa shape index (κ3) is 6.09. The molecule has 0 aliphatic rings. The quantitative estimate of drug-likeness (QED) is 0.527. The van der Waals surface area contributed by atoms with Gasteiger partial charge >= 0.3 is 0 Å². The Morgan fingerprint density at radius 3 is 2.62 bits per heavy atom. The van der Waals surface area contributed by atoms with Crippen molar-refractivity contribution in [1.82, 2.24) is 0 Å². The van der Waals surface area contributed by atoms with Crippen molar-refractivity contribution >= 4 is 11.8 Å². The molecule has 0 atom stereocenters. The molecule has 0 unspecified atom stereocenters. The average molecular weight is 130 g/mol. The molecule has 0 amide bonds. The minimum absolute atomic E-state index is 0.836. The molecule has 0 nitrogen and oxygen atoms in total. The summed E-state index contributed by atoms with van der Waals surface area (Å²) in [5, 5.41) is 1.91. The van der Waals surface area contributed by atoms with Gasteiger partial charge in [0.05, 0.1) is 0 Å². The van der Waals surface area contributed by atoms with Gasteiger partial charge in [0.15, 0.2) is 0 Å². The molecule has 0 radical (unpaired) electrons. The summed E-state index contributed by atoms with van der Waals surface area (Å²) in [6.07, 6.45) is 1.30. The highest BCUT2D eigenvalue weighted by molar-refractivity contribution is 8.02. The first-order chi connectivity index (χ1) is 3.77. The van der Waals surface area contributed by atoms with Crippen molar-refractivity contribution in [2.24, 2.45) is 5.92 Å². The van der Waals surface area contributed by atoms with Crippen molar-refractivity contribution in [3.8, 4) is 0 Å². The maximum atomic E-state index is 3.62. The second-order valence-electron chi connectivity index (χ2n) is 2.22. The van der Waals surface area contributed by atoms with Crippen LogP contribution < -0.4 is 0 Å². The van der Waals surface area contributed by atoms with Crippen LogP contribution in [0.4, 0.5) is 0 Å². The lowest BCUT2D eigenvalue weighted by Gasteiger charge is -1.99. The Labute approximate surface area is 56.4 Å². The Bertz CT molecular complexity index is 57.4. The highest BCUT2D eigenvalue weighted by Gasteiger charge is 1.89. The zero-order valence-corrected chi connectivity index (χ0v) is 6.50. The lowest BCUT2D eigenvalue weighted by atomic mass is 10.2. The molecule has 0 aromatic rings. The molecule has 0 rings (SSSR count). The van der Waals surface area contributed by atoms with Gasteiger partial charge < -0.3 is 0 Å². The summed E-state index contributed by atoms with van der Waals surface area (Å²) in [6.45, 7) is 8.10. The molecule has 0 bridgehead atoms. The van der Waals surface area contributed by atoms with Crippen LogP contribution in [0.1, 0.15) is 20.3 Å². The van der Waals surface area contributed by atoms with E-state index in [1.54, 1.807) is 11.8 Å². The standard InChI is InChI=1S/C7H14S/c1-4-8-6-5-7(2)3/h4,7H,1,5-6H2,2-3H3. The van der Waals surface area contributed by atoms with Crippen LogP contribution >= 0.6 is 11.8 Å². The molecule has 48 valence electrons. The first-order valence-corrected chi connectivity index (χ1v) is 4.04. The molecule has 0 fully saturated rings. The van der Waals surface area contributed by atoms with Crippen LogP contribution in [0, 0.1) is 5.92 Å². The smallest absolute Gasteiger partial charge is 0.00237 e. The molecule has 0 aromatic carbocycles. The van der Waals surface area contributed by atoms with Gasteiger partial charge in [-0.3, -0.25) is 0 Å². The van der Waals surface area contributed by atoms with Crippen LogP contribution in [0.3, 0.4) is 0 Å². The maximum absolute atomic E-state index is 3.62. The second-order valence-corrected chi connectivity index (χ2v) is 3.29. The van der Waals surface area contributed by atoms with E-state index in [1.165, 1.54) is 12.2 Å². The lowest BCUT2D eigenvalue weighted by Crippen LogP contribution is -1.87.